The molecule has 4 rings (SSSR count). The van der Waals surface area contributed by atoms with E-state index in [4.69, 9.17) is 26.8 Å². The van der Waals surface area contributed by atoms with Crippen molar-refractivity contribution in [3.63, 3.8) is 0 Å². The number of aromatic amines is 1. The Morgan fingerprint density at radius 2 is 1.69 bits per heavy atom. The van der Waals surface area contributed by atoms with Crippen LogP contribution in [0.4, 0.5) is 17.6 Å². The molecule has 0 aliphatic carbocycles. The van der Waals surface area contributed by atoms with Gasteiger partial charge in [0.15, 0.2) is 5.82 Å². The highest BCUT2D eigenvalue weighted by atomic mass is 35.5. The molecular formula is C22H22ClN7O2. The highest BCUT2D eigenvalue weighted by molar-refractivity contribution is 6.32. The van der Waals surface area contributed by atoms with E-state index in [1.54, 1.807) is 18.2 Å². The zero-order valence-corrected chi connectivity index (χ0v) is 18.6. The van der Waals surface area contributed by atoms with Gasteiger partial charge in [-0.1, -0.05) is 11.6 Å². The first kappa shape index (κ1) is 21.4. The number of ether oxygens (including phenoxy) is 2. The largest absolute Gasteiger partial charge is 0.478 e. The molecule has 164 valence electrons. The van der Waals surface area contributed by atoms with Gasteiger partial charge in [0.05, 0.1) is 12.7 Å². The number of anilines is 3. The molecule has 0 unspecified atom stereocenters. The lowest BCUT2D eigenvalue weighted by Gasteiger charge is -2.08. The number of benzene rings is 2. The monoisotopic (exact) mass is 451 g/mol. The molecule has 0 saturated carbocycles. The number of aromatic nitrogens is 5. The van der Waals surface area contributed by atoms with Crippen molar-refractivity contribution >= 4 is 29.2 Å². The number of nitrogens with zero attached hydrogens (tertiary/aromatic N) is 4. The van der Waals surface area contributed by atoms with E-state index in [0.29, 0.717) is 35.9 Å². The number of halogens is 1. The maximum Gasteiger partial charge on any atom is 0.246 e. The van der Waals surface area contributed by atoms with Crippen molar-refractivity contribution < 1.29 is 9.47 Å². The fourth-order valence-corrected chi connectivity index (χ4v) is 3.20. The first-order valence-corrected chi connectivity index (χ1v) is 10.3. The number of H-pyrrole nitrogens is 1. The Labute approximate surface area is 190 Å². The summed E-state index contributed by atoms with van der Waals surface area (Å²) in [5, 5.41) is 11.1. The van der Waals surface area contributed by atoms with E-state index >= 15 is 0 Å². The zero-order chi connectivity index (χ0) is 22.7. The summed E-state index contributed by atoms with van der Waals surface area (Å²) in [6.07, 6.45) is 0. The van der Waals surface area contributed by atoms with E-state index in [1.807, 2.05) is 45.0 Å². The molecule has 4 aromatic rings. The van der Waals surface area contributed by atoms with Crippen molar-refractivity contribution in [2.75, 3.05) is 17.7 Å². The van der Waals surface area contributed by atoms with Gasteiger partial charge in [-0.05, 0) is 68.3 Å². The number of nitrogens with two attached hydrogens (primary N) is 1. The van der Waals surface area contributed by atoms with Crippen LogP contribution < -0.4 is 20.5 Å². The van der Waals surface area contributed by atoms with E-state index in [9.17, 15) is 0 Å². The Hall–Kier alpha value is -3.85. The van der Waals surface area contributed by atoms with Crippen LogP contribution in [0.15, 0.2) is 42.5 Å². The van der Waals surface area contributed by atoms with Gasteiger partial charge in [0, 0.05) is 16.3 Å². The molecule has 2 heterocycles. The van der Waals surface area contributed by atoms with Crippen LogP contribution in [0.25, 0.3) is 11.4 Å². The minimum absolute atomic E-state index is 0.0790. The molecule has 0 aliphatic rings. The van der Waals surface area contributed by atoms with E-state index in [-0.39, 0.29) is 5.95 Å². The third kappa shape index (κ3) is 4.89. The van der Waals surface area contributed by atoms with Crippen molar-refractivity contribution in [3.8, 4) is 28.9 Å². The SMILES string of the molecule is CCOc1cc(Oc2ccc(-c3nc(Nc4cc(C)c(Cl)c(C)c4)n[nH]3)cc2)nc(N)n1. The molecule has 0 spiro atoms. The maximum absolute atomic E-state index is 6.24. The van der Waals surface area contributed by atoms with Gasteiger partial charge in [0.2, 0.25) is 23.7 Å². The van der Waals surface area contributed by atoms with Gasteiger partial charge in [-0.25, -0.2) is 0 Å². The number of rotatable bonds is 7. The highest BCUT2D eigenvalue weighted by Crippen LogP contribution is 2.28. The van der Waals surface area contributed by atoms with Crippen LogP contribution in [-0.4, -0.2) is 31.8 Å². The van der Waals surface area contributed by atoms with E-state index in [0.717, 1.165) is 27.4 Å². The first-order valence-electron chi connectivity index (χ1n) is 9.93. The summed E-state index contributed by atoms with van der Waals surface area (Å²) < 4.78 is 11.1. The van der Waals surface area contributed by atoms with Crippen molar-refractivity contribution in [2.24, 2.45) is 0 Å². The summed E-state index contributed by atoms with van der Waals surface area (Å²) in [6.45, 7) is 6.25. The second kappa shape index (κ2) is 9.11. The quantitative estimate of drug-likeness (QED) is 0.356. The maximum atomic E-state index is 6.24. The number of nitrogen functional groups attached to an aromatic ring is 1. The highest BCUT2D eigenvalue weighted by Gasteiger charge is 2.10. The summed E-state index contributed by atoms with van der Waals surface area (Å²) in [6, 6.07) is 12.8. The summed E-state index contributed by atoms with van der Waals surface area (Å²) in [5.74, 6) is 2.40. The lowest BCUT2D eigenvalue weighted by Crippen LogP contribution is -2.01. The van der Waals surface area contributed by atoms with Gasteiger partial charge in [-0.3, -0.25) is 5.10 Å². The van der Waals surface area contributed by atoms with Crippen molar-refractivity contribution in [1.82, 2.24) is 25.1 Å². The van der Waals surface area contributed by atoms with Crippen molar-refractivity contribution in [1.29, 1.82) is 0 Å². The van der Waals surface area contributed by atoms with Gasteiger partial charge in [0.1, 0.15) is 5.75 Å². The topological polar surface area (TPSA) is 124 Å². The summed E-state index contributed by atoms with van der Waals surface area (Å²) >= 11 is 6.24. The van der Waals surface area contributed by atoms with Crippen LogP contribution in [0.3, 0.4) is 0 Å². The number of nitrogens with one attached hydrogen (secondary N) is 2. The average molecular weight is 452 g/mol. The molecule has 4 N–H and O–H groups in total. The third-order valence-corrected chi connectivity index (χ3v) is 5.11. The Morgan fingerprint density at radius 3 is 2.38 bits per heavy atom. The summed E-state index contributed by atoms with van der Waals surface area (Å²) in [4.78, 5) is 12.6. The van der Waals surface area contributed by atoms with Gasteiger partial charge in [-0.2, -0.15) is 15.0 Å². The fraction of sp³-hybridized carbons (Fsp3) is 0.182. The molecule has 32 heavy (non-hydrogen) atoms. The Bertz CT molecular complexity index is 1220. The number of hydrogen-bond acceptors (Lipinski definition) is 8. The molecule has 10 heteroatoms. The van der Waals surface area contributed by atoms with Gasteiger partial charge in [-0.15, -0.1) is 5.10 Å². The minimum Gasteiger partial charge on any atom is -0.478 e. The van der Waals surface area contributed by atoms with E-state index < -0.39 is 0 Å². The Kier molecular flexibility index (Phi) is 6.09. The first-order chi connectivity index (χ1) is 15.4. The predicted molar refractivity (Wildman–Crippen MR) is 124 cm³/mol. The lowest BCUT2D eigenvalue weighted by molar-refractivity contribution is 0.323. The molecule has 0 saturated heterocycles. The van der Waals surface area contributed by atoms with Gasteiger partial charge < -0.3 is 20.5 Å². The molecule has 9 nitrogen and oxygen atoms in total. The smallest absolute Gasteiger partial charge is 0.246 e. The second-order valence-electron chi connectivity index (χ2n) is 7.02. The molecule has 0 amide bonds. The number of aryl methyl sites for hydroxylation is 2. The van der Waals surface area contributed by atoms with E-state index in [1.165, 1.54) is 0 Å². The van der Waals surface area contributed by atoms with Gasteiger partial charge >= 0.3 is 0 Å². The second-order valence-corrected chi connectivity index (χ2v) is 7.40. The standard InChI is InChI=1S/C22H22ClN7O2/c1-4-31-17-11-18(27-21(24)26-17)32-16-7-5-14(6-8-16)20-28-22(30-29-20)25-15-9-12(2)19(23)13(3)10-15/h5-11H,4H2,1-3H3,(H2,24,26,27)(H2,25,28,29,30). The van der Waals surface area contributed by atoms with Gasteiger partial charge in [0.25, 0.3) is 0 Å². The predicted octanol–water partition coefficient (Wildman–Crippen LogP) is 5.05. The third-order valence-electron chi connectivity index (χ3n) is 4.52. The van der Waals surface area contributed by atoms with Crippen LogP contribution in [0.5, 0.6) is 17.5 Å². The minimum atomic E-state index is 0.0790. The average Bonchev–Trinajstić information content (AvgIpc) is 3.21. The molecule has 2 aromatic carbocycles. The Morgan fingerprint density at radius 1 is 1.00 bits per heavy atom. The van der Waals surface area contributed by atoms with Crippen LogP contribution in [-0.2, 0) is 0 Å². The number of hydrogen-bond donors (Lipinski definition) is 3. The lowest BCUT2D eigenvalue weighted by atomic mass is 10.1. The fourth-order valence-electron chi connectivity index (χ4n) is 3.09. The molecule has 0 bridgehead atoms. The zero-order valence-electron chi connectivity index (χ0n) is 17.8. The van der Waals surface area contributed by atoms with Crippen molar-refractivity contribution in [3.05, 3.63) is 58.6 Å². The molecule has 0 atom stereocenters. The van der Waals surface area contributed by atoms with Crippen LogP contribution >= 0.6 is 11.6 Å². The Balaban J connectivity index is 1.46. The molecule has 0 radical (unpaired) electrons. The van der Waals surface area contributed by atoms with Crippen LogP contribution in [0.2, 0.25) is 5.02 Å². The summed E-state index contributed by atoms with van der Waals surface area (Å²) in [7, 11) is 0. The molecule has 0 aliphatic heterocycles. The molecule has 2 aromatic heterocycles. The van der Waals surface area contributed by atoms with Crippen LogP contribution in [0.1, 0.15) is 18.1 Å². The van der Waals surface area contributed by atoms with Crippen LogP contribution in [0, 0.1) is 13.8 Å². The molecular weight excluding hydrogens is 430 g/mol. The van der Waals surface area contributed by atoms with E-state index in [2.05, 4.69) is 30.5 Å². The molecule has 0 fully saturated rings. The summed E-state index contributed by atoms with van der Waals surface area (Å²) in [5.41, 5.74) is 9.40. The van der Waals surface area contributed by atoms with Crippen molar-refractivity contribution in [2.45, 2.75) is 20.8 Å². The normalized spacial score (nSPS) is 10.8.